The van der Waals surface area contributed by atoms with Crippen molar-refractivity contribution in [3.05, 3.63) is 35.9 Å². The molecule has 0 atom stereocenters. The molecule has 0 saturated carbocycles. The number of guanidine groups is 1. The molecule has 6 nitrogen and oxygen atoms in total. The molecule has 0 aliphatic carbocycles. The minimum absolute atomic E-state index is 0.149. The summed E-state index contributed by atoms with van der Waals surface area (Å²) in [5.74, 6) is 1.13. The van der Waals surface area contributed by atoms with Gasteiger partial charge in [0.1, 0.15) is 0 Å². The van der Waals surface area contributed by atoms with Crippen LogP contribution in [0.4, 0.5) is 0 Å². The van der Waals surface area contributed by atoms with Crippen LogP contribution >= 0.6 is 0 Å². The summed E-state index contributed by atoms with van der Waals surface area (Å²) in [7, 11) is -1.20. The van der Waals surface area contributed by atoms with Gasteiger partial charge in [0.2, 0.25) is 0 Å². The van der Waals surface area contributed by atoms with Crippen molar-refractivity contribution in [1.29, 1.82) is 0 Å². The third kappa shape index (κ3) is 5.79. The van der Waals surface area contributed by atoms with Gasteiger partial charge in [-0.05, 0) is 5.56 Å². The predicted molar refractivity (Wildman–Crippen MR) is 99.0 cm³/mol. The fraction of sp³-hybridized carbons (Fsp3) is 0.588. The van der Waals surface area contributed by atoms with Crippen LogP contribution in [-0.4, -0.2) is 75.5 Å². The van der Waals surface area contributed by atoms with Crippen LogP contribution < -0.4 is 5.32 Å². The first-order valence-corrected chi connectivity index (χ1v) is 10.3. The minimum Gasteiger partial charge on any atom is -0.355 e. The van der Waals surface area contributed by atoms with Crippen LogP contribution in [0.5, 0.6) is 0 Å². The van der Waals surface area contributed by atoms with Crippen LogP contribution in [0.2, 0.25) is 0 Å². The molecule has 1 N–H and O–H groups in total. The third-order valence-electron chi connectivity index (χ3n) is 4.27. The lowest BCUT2D eigenvalue weighted by atomic mass is 10.2. The van der Waals surface area contributed by atoms with Gasteiger partial charge in [0.25, 0.3) is 0 Å². The number of nitrogens with zero attached hydrogens (tertiary/aromatic N) is 3. The van der Waals surface area contributed by atoms with E-state index in [-0.39, 0.29) is 11.5 Å². The van der Waals surface area contributed by atoms with Gasteiger partial charge in [0.15, 0.2) is 15.8 Å². The Morgan fingerprint density at radius 2 is 1.83 bits per heavy atom. The molecule has 1 aliphatic heterocycles. The van der Waals surface area contributed by atoms with Crippen molar-refractivity contribution in [1.82, 2.24) is 15.1 Å². The zero-order valence-corrected chi connectivity index (χ0v) is 15.4. The van der Waals surface area contributed by atoms with Crippen LogP contribution in [0, 0.1) is 0 Å². The Morgan fingerprint density at radius 3 is 2.42 bits per heavy atom. The Labute approximate surface area is 145 Å². The van der Waals surface area contributed by atoms with E-state index in [0.29, 0.717) is 6.54 Å². The molecular weight excluding hydrogens is 324 g/mol. The molecule has 0 spiro atoms. The standard InChI is InChI=1S/C17H28N4O2S/c1-3-24(22,23)14-9-19-17(18-2)21-12-10-20(11-13-21)15-16-7-5-4-6-8-16/h4-8H,3,9-15H2,1-2H3,(H,18,19). The Kier molecular flexibility index (Phi) is 7.05. The van der Waals surface area contributed by atoms with Crippen molar-refractivity contribution in [3.63, 3.8) is 0 Å². The Hall–Kier alpha value is -1.60. The zero-order chi connectivity index (χ0) is 17.4. The van der Waals surface area contributed by atoms with E-state index in [4.69, 9.17) is 0 Å². The number of hydrogen-bond acceptors (Lipinski definition) is 4. The number of piperazine rings is 1. The van der Waals surface area contributed by atoms with E-state index in [0.717, 1.165) is 38.7 Å². The summed E-state index contributed by atoms with van der Waals surface area (Å²) >= 11 is 0. The molecule has 0 amide bonds. The third-order valence-corrected chi connectivity index (χ3v) is 5.97. The monoisotopic (exact) mass is 352 g/mol. The van der Waals surface area contributed by atoms with E-state index in [1.165, 1.54) is 5.56 Å². The lowest BCUT2D eigenvalue weighted by Gasteiger charge is -2.36. The van der Waals surface area contributed by atoms with Gasteiger partial charge in [0, 0.05) is 52.1 Å². The Balaban J connectivity index is 1.77. The Morgan fingerprint density at radius 1 is 1.17 bits per heavy atom. The van der Waals surface area contributed by atoms with Crippen LogP contribution in [-0.2, 0) is 16.4 Å². The normalized spacial score (nSPS) is 17.1. The van der Waals surface area contributed by atoms with Gasteiger partial charge < -0.3 is 10.2 Å². The SMILES string of the molecule is CCS(=O)(=O)CCNC(=NC)N1CCN(Cc2ccccc2)CC1. The number of rotatable bonds is 6. The molecule has 0 radical (unpaired) electrons. The lowest BCUT2D eigenvalue weighted by molar-refractivity contribution is 0.172. The average Bonchev–Trinajstić information content (AvgIpc) is 2.60. The van der Waals surface area contributed by atoms with Crippen LogP contribution in [0.25, 0.3) is 0 Å². The molecular formula is C17H28N4O2S. The van der Waals surface area contributed by atoms with E-state index in [2.05, 4.69) is 44.4 Å². The second-order valence-corrected chi connectivity index (χ2v) is 8.43. The average molecular weight is 353 g/mol. The van der Waals surface area contributed by atoms with E-state index in [1.807, 2.05) is 6.07 Å². The van der Waals surface area contributed by atoms with Crippen LogP contribution in [0.1, 0.15) is 12.5 Å². The summed E-state index contributed by atoms with van der Waals surface area (Å²) in [5.41, 5.74) is 1.33. The van der Waals surface area contributed by atoms with Crippen molar-refractivity contribution >= 4 is 15.8 Å². The molecule has 1 saturated heterocycles. The summed E-state index contributed by atoms with van der Waals surface area (Å²) in [6.07, 6.45) is 0. The topological polar surface area (TPSA) is 65.0 Å². The lowest BCUT2D eigenvalue weighted by Crippen LogP contribution is -2.52. The molecule has 0 aromatic heterocycles. The summed E-state index contributed by atoms with van der Waals surface area (Å²) in [4.78, 5) is 8.91. The maximum atomic E-state index is 11.6. The van der Waals surface area contributed by atoms with Gasteiger partial charge in [-0.2, -0.15) is 0 Å². The first kappa shape index (κ1) is 18.7. The highest BCUT2D eigenvalue weighted by atomic mass is 32.2. The second-order valence-electron chi connectivity index (χ2n) is 5.96. The van der Waals surface area contributed by atoms with Gasteiger partial charge in [-0.1, -0.05) is 37.3 Å². The quantitative estimate of drug-likeness (QED) is 0.606. The summed E-state index contributed by atoms with van der Waals surface area (Å²) in [6, 6.07) is 10.5. The van der Waals surface area contributed by atoms with E-state index in [1.54, 1.807) is 14.0 Å². The molecule has 1 aliphatic rings. The molecule has 7 heteroatoms. The molecule has 1 aromatic rings. The van der Waals surface area contributed by atoms with Gasteiger partial charge in [-0.25, -0.2) is 8.42 Å². The number of hydrogen-bond donors (Lipinski definition) is 1. The maximum absolute atomic E-state index is 11.6. The van der Waals surface area contributed by atoms with Crippen LogP contribution in [0.15, 0.2) is 35.3 Å². The minimum atomic E-state index is -2.94. The molecule has 2 rings (SSSR count). The fourth-order valence-electron chi connectivity index (χ4n) is 2.75. The molecule has 1 aromatic carbocycles. The van der Waals surface area contributed by atoms with Crippen molar-refractivity contribution < 1.29 is 8.42 Å². The van der Waals surface area contributed by atoms with E-state index in [9.17, 15) is 8.42 Å². The summed E-state index contributed by atoms with van der Waals surface area (Å²) in [5, 5.41) is 3.17. The summed E-state index contributed by atoms with van der Waals surface area (Å²) in [6.45, 7) is 6.80. The van der Waals surface area contributed by atoms with Gasteiger partial charge in [-0.3, -0.25) is 9.89 Å². The Bertz CT molecular complexity index is 623. The number of sulfone groups is 1. The fourth-order valence-corrected chi connectivity index (χ4v) is 3.46. The summed E-state index contributed by atoms with van der Waals surface area (Å²) < 4.78 is 23.1. The number of nitrogens with one attached hydrogen (secondary N) is 1. The predicted octanol–water partition coefficient (Wildman–Crippen LogP) is 0.814. The number of aliphatic imine (C=N–C) groups is 1. The van der Waals surface area contributed by atoms with Gasteiger partial charge >= 0.3 is 0 Å². The maximum Gasteiger partial charge on any atom is 0.193 e. The largest absolute Gasteiger partial charge is 0.355 e. The molecule has 24 heavy (non-hydrogen) atoms. The van der Waals surface area contributed by atoms with Crippen molar-refractivity contribution in [3.8, 4) is 0 Å². The smallest absolute Gasteiger partial charge is 0.193 e. The second kappa shape index (κ2) is 9.03. The first-order valence-electron chi connectivity index (χ1n) is 8.46. The van der Waals surface area contributed by atoms with Crippen molar-refractivity contribution in [2.45, 2.75) is 13.5 Å². The molecule has 1 fully saturated rings. The van der Waals surface area contributed by atoms with Crippen molar-refractivity contribution in [2.24, 2.45) is 4.99 Å². The molecule has 0 unspecified atom stereocenters. The zero-order valence-electron chi connectivity index (χ0n) is 14.6. The van der Waals surface area contributed by atoms with Crippen molar-refractivity contribution in [2.75, 3.05) is 51.3 Å². The van der Waals surface area contributed by atoms with E-state index >= 15 is 0 Å². The highest BCUT2D eigenvalue weighted by Gasteiger charge is 2.19. The number of benzene rings is 1. The van der Waals surface area contributed by atoms with Gasteiger partial charge in [0.05, 0.1) is 5.75 Å². The highest BCUT2D eigenvalue weighted by molar-refractivity contribution is 7.91. The molecule has 134 valence electrons. The highest BCUT2D eigenvalue weighted by Crippen LogP contribution is 2.08. The van der Waals surface area contributed by atoms with Gasteiger partial charge in [-0.15, -0.1) is 0 Å². The van der Waals surface area contributed by atoms with Crippen LogP contribution in [0.3, 0.4) is 0 Å². The van der Waals surface area contributed by atoms with E-state index < -0.39 is 9.84 Å². The first-order chi connectivity index (χ1) is 11.5. The molecule has 0 bridgehead atoms. The molecule has 1 heterocycles.